The molecular formula is C21H21NO4. The van der Waals surface area contributed by atoms with E-state index >= 15 is 0 Å². The van der Waals surface area contributed by atoms with Gasteiger partial charge in [-0.3, -0.25) is 4.79 Å². The van der Waals surface area contributed by atoms with Gasteiger partial charge in [-0.05, 0) is 47.9 Å². The number of carbonyl (C=O) groups is 1. The van der Waals surface area contributed by atoms with Crippen LogP contribution in [0.2, 0.25) is 0 Å². The fourth-order valence-corrected chi connectivity index (χ4v) is 2.72. The monoisotopic (exact) mass is 351 g/mol. The normalized spacial score (nSPS) is 11.6. The zero-order valence-corrected chi connectivity index (χ0v) is 14.8. The van der Waals surface area contributed by atoms with Gasteiger partial charge in [0.2, 0.25) is 0 Å². The standard InChI is InChI=1S/C21H21NO4/c1-24-18-7-3-15(4-8-18)13-20(16-5-9-19(25-2)10-6-16)22-21(23)17-11-12-26-14-17/h3-12,14,20H,13H2,1-2H3,(H,22,23)/t20-/m0/s1. The van der Waals surface area contributed by atoms with Crippen LogP contribution in [0.4, 0.5) is 0 Å². The average Bonchev–Trinajstić information content (AvgIpc) is 3.23. The van der Waals surface area contributed by atoms with Crippen LogP contribution in [0.15, 0.2) is 71.5 Å². The van der Waals surface area contributed by atoms with E-state index in [9.17, 15) is 4.79 Å². The highest BCUT2D eigenvalue weighted by molar-refractivity contribution is 5.94. The van der Waals surface area contributed by atoms with Crippen molar-refractivity contribution in [3.63, 3.8) is 0 Å². The van der Waals surface area contributed by atoms with Crippen molar-refractivity contribution in [2.24, 2.45) is 0 Å². The fraction of sp³-hybridized carbons (Fsp3) is 0.190. The Kier molecular flexibility index (Phi) is 5.59. The first kappa shape index (κ1) is 17.6. The molecule has 5 heteroatoms. The second kappa shape index (κ2) is 8.25. The number of amides is 1. The Bertz CT molecular complexity index is 823. The molecule has 134 valence electrons. The molecular weight excluding hydrogens is 330 g/mol. The summed E-state index contributed by atoms with van der Waals surface area (Å²) in [7, 11) is 3.27. The molecule has 26 heavy (non-hydrogen) atoms. The van der Waals surface area contributed by atoms with Gasteiger partial charge >= 0.3 is 0 Å². The first-order valence-electron chi connectivity index (χ1n) is 8.29. The smallest absolute Gasteiger partial charge is 0.255 e. The van der Waals surface area contributed by atoms with Gasteiger partial charge in [0.15, 0.2) is 0 Å². The van der Waals surface area contributed by atoms with E-state index in [1.54, 1.807) is 20.3 Å². The van der Waals surface area contributed by atoms with Gasteiger partial charge in [-0.1, -0.05) is 24.3 Å². The largest absolute Gasteiger partial charge is 0.497 e. The molecule has 1 aromatic heterocycles. The van der Waals surface area contributed by atoms with Crippen LogP contribution >= 0.6 is 0 Å². The number of nitrogens with one attached hydrogen (secondary N) is 1. The Morgan fingerprint density at radius 1 is 0.962 bits per heavy atom. The summed E-state index contributed by atoms with van der Waals surface area (Å²) in [6.45, 7) is 0. The molecule has 3 rings (SSSR count). The molecule has 1 amide bonds. The van der Waals surface area contributed by atoms with Gasteiger partial charge in [-0.25, -0.2) is 0 Å². The van der Waals surface area contributed by atoms with E-state index < -0.39 is 0 Å². The Morgan fingerprint density at radius 2 is 1.58 bits per heavy atom. The van der Waals surface area contributed by atoms with Crippen LogP contribution in [0, 0.1) is 0 Å². The van der Waals surface area contributed by atoms with Crippen LogP contribution in [0.5, 0.6) is 11.5 Å². The van der Waals surface area contributed by atoms with Crippen molar-refractivity contribution in [3.05, 3.63) is 83.8 Å². The predicted octanol–water partition coefficient (Wildman–Crippen LogP) is 4.01. The topological polar surface area (TPSA) is 60.7 Å². The Morgan fingerprint density at radius 3 is 2.12 bits per heavy atom. The molecule has 1 N–H and O–H groups in total. The van der Waals surface area contributed by atoms with Gasteiger partial charge in [-0.15, -0.1) is 0 Å². The maximum absolute atomic E-state index is 12.5. The van der Waals surface area contributed by atoms with E-state index in [-0.39, 0.29) is 11.9 Å². The second-order valence-corrected chi connectivity index (χ2v) is 5.86. The molecule has 0 aliphatic rings. The lowest BCUT2D eigenvalue weighted by Gasteiger charge is -2.20. The van der Waals surface area contributed by atoms with Crippen molar-refractivity contribution in [3.8, 4) is 11.5 Å². The van der Waals surface area contributed by atoms with Gasteiger partial charge in [0.05, 0.1) is 32.1 Å². The van der Waals surface area contributed by atoms with Gasteiger partial charge in [-0.2, -0.15) is 0 Å². The lowest BCUT2D eigenvalue weighted by atomic mass is 9.98. The average molecular weight is 351 g/mol. The molecule has 0 radical (unpaired) electrons. The van der Waals surface area contributed by atoms with Crippen molar-refractivity contribution in [1.29, 1.82) is 0 Å². The minimum absolute atomic E-state index is 0.173. The third-order valence-corrected chi connectivity index (χ3v) is 4.21. The zero-order chi connectivity index (χ0) is 18.4. The van der Waals surface area contributed by atoms with Crippen LogP contribution in [0.25, 0.3) is 0 Å². The van der Waals surface area contributed by atoms with Crippen LogP contribution in [-0.2, 0) is 6.42 Å². The summed E-state index contributed by atoms with van der Waals surface area (Å²) in [4.78, 5) is 12.5. The number of hydrogen-bond donors (Lipinski definition) is 1. The first-order valence-corrected chi connectivity index (χ1v) is 8.29. The predicted molar refractivity (Wildman–Crippen MR) is 98.6 cm³/mol. The Balaban J connectivity index is 1.82. The lowest BCUT2D eigenvalue weighted by Crippen LogP contribution is -2.29. The number of rotatable bonds is 7. The number of methoxy groups -OCH3 is 2. The fourth-order valence-electron chi connectivity index (χ4n) is 2.72. The van der Waals surface area contributed by atoms with Crippen molar-refractivity contribution in [2.45, 2.75) is 12.5 Å². The quantitative estimate of drug-likeness (QED) is 0.699. The molecule has 0 spiro atoms. The molecule has 0 unspecified atom stereocenters. The maximum Gasteiger partial charge on any atom is 0.255 e. The Labute approximate surface area is 152 Å². The van der Waals surface area contributed by atoms with Crippen LogP contribution in [0.3, 0.4) is 0 Å². The summed E-state index contributed by atoms with van der Waals surface area (Å²) >= 11 is 0. The van der Waals surface area contributed by atoms with Crippen LogP contribution < -0.4 is 14.8 Å². The van der Waals surface area contributed by atoms with Crippen molar-refractivity contribution < 1.29 is 18.7 Å². The van der Waals surface area contributed by atoms with Crippen molar-refractivity contribution in [1.82, 2.24) is 5.32 Å². The summed E-state index contributed by atoms with van der Waals surface area (Å²) in [6, 6.07) is 17.0. The van der Waals surface area contributed by atoms with E-state index in [1.165, 1.54) is 12.5 Å². The van der Waals surface area contributed by atoms with E-state index in [4.69, 9.17) is 13.9 Å². The highest BCUT2D eigenvalue weighted by Crippen LogP contribution is 2.23. The molecule has 0 aliphatic carbocycles. The SMILES string of the molecule is COc1ccc(C[C@H](NC(=O)c2ccoc2)c2ccc(OC)cc2)cc1. The van der Waals surface area contributed by atoms with E-state index in [0.717, 1.165) is 22.6 Å². The number of furan rings is 1. The van der Waals surface area contributed by atoms with E-state index in [1.807, 2.05) is 48.5 Å². The summed E-state index contributed by atoms with van der Waals surface area (Å²) in [5.74, 6) is 1.41. The summed E-state index contributed by atoms with van der Waals surface area (Å²) in [5.41, 5.74) is 2.59. The van der Waals surface area contributed by atoms with Crippen LogP contribution in [0.1, 0.15) is 27.5 Å². The second-order valence-electron chi connectivity index (χ2n) is 5.86. The molecule has 0 fully saturated rings. The lowest BCUT2D eigenvalue weighted by molar-refractivity contribution is 0.0936. The summed E-state index contributed by atoms with van der Waals surface area (Å²) < 4.78 is 15.4. The van der Waals surface area contributed by atoms with Gasteiger partial charge < -0.3 is 19.2 Å². The number of benzene rings is 2. The number of ether oxygens (including phenoxy) is 2. The zero-order valence-electron chi connectivity index (χ0n) is 14.8. The third kappa shape index (κ3) is 4.25. The molecule has 1 heterocycles. The Hall–Kier alpha value is -3.21. The molecule has 1 atom stereocenters. The highest BCUT2D eigenvalue weighted by Gasteiger charge is 2.17. The van der Waals surface area contributed by atoms with E-state index in [0.29, 0.717) is 12.0 Å². The molecule has 0 bridgehead atoms. The summed E-state index contributed by atoms with van der Waals surface area (Å²) in [5, 5.41) is 3.08. The van der Waals surface area contributed by atoms with E-state index in [2.05, 4.69) is 5.32 Å². The molecule has 3 aromatic rings. The van der Waals surface area contributed by atoms with Gasteiger partial charge in [0.25, 0.3) is 5.91 Å². The first-order chi connectivity index (χ1) is 12.7. The maximum atomic E-state index is 12.5. The molecule has 5 nitrogen and oxygen atoms in total. The minimum atomic E-state index is -0.184. The minimum Gasteiger partial charge on any atom is -0.497 e. The summed E-state index contributed by atoms with van der Waals surface area (Å²) in [6.07, 6.45) is 3.58. The molecule has 0 saturated heterocycles. The molecule has 0 aliphatic heterocycles. The van der Waals surface area contributed by atoms with Gasteiger partial charge in [0, 0.05) is 0 Å². The molecule has 0 saturated carbocycles. The number of carbonyl (C=O) groups excluding carboxylic acids is 1. The number of hydrogen-bond acceptors (Lipinski definition) is 4. The van der Waals surface area contributed by atoms with Crippen molar-refractivity contribution in [2.75, 3.05) is 14.2 Å². The van der Waals surface area contributed by atoms with Crippen LogP contribution in [-0.4, -0.2) is 20.1 Å². The highest BCUT2D eigenvalue weighted by atomic mass is 16.5. The molecule has 2 aromatic carbocycles. The third-order valence-electron chi connectivity index (χ3n) is 4.21. The van der Waals surface area contributed by atoms with Gasteiger partial charge in [0.1, 0.15) is 17.8 Å². The van der Waals surface area contributed by atoms with Crippen molar-refractivity contribution >= 4 is 5.91 Å².